The minimum absolute atomic E-state index is 0.225. The van der Waals surface area contributed by atoms with Crippen molar-refractivity contribution in [3.8, 4) is 0 Å². The van der Waals surface area contributed by atoms with E-state index < -0.39 is 0 Å². The van der Waals surface area contributed by atoms with Crippen LogP contribution in [0.1, 0.15) is 33.6 Å². The molecule has 3 unspecified atom stereocenters. The van der Waals surface area contributed by atoms with Crippen molar-refractivity contribution in [3.05, 3.63) is 11.1 Å². The van der Waals surface area contributed by atoms with Gasteiger partial charge in [-0.05, 0) is 38.2 Å². The molecular weight excluding hydrogens is 152 g/mol. The van der Waals surface area contributed by atoms with Crippen LogP contribution in [-0.4, -0.2) is 22.4 Å². The van der Waals surface area contributed by atoms with Crippen LogP contribution in [0.25, 0.3) is 0 Å². The van der Waals surface area contributed by atoms with Crippen LogP contribution < -0.4 is 0 Å². The van der Waals surface area contributed by atoms with Gasteiger partial charge in [-0.3, -0.25) is 0 Å². The van der Waals surface area contributed by atoms with Crippen LogP contribution in [0.4, 0.5) is 0 Å². The molecule has 0 saturated heterocycles. The Morgan fingerprint density at radius 2 is 1.92 bits per heavy atom. The van der Waals surface area contributed by atoms with E-state index in [-0.39, 0.29) is 18.1 Å². The van der Waals surface area contributed by atoms with Gasteiger partial charge in [-0.1, -0.05) is 12.5 Å². The largest absolute Gasteiger partial charge is 0.393 e. The Morgan fingerprint density at radius 1 is 1.33 bits per heavy atom. The van der Waals surface area contributed by atoms with Crippen molar-refractivity contribution in [2.75, 3.05) is 0 Å². The van der Waals surface area contributed by atoms with Gasteiger partial charge in [0.25, 0.3) is 0 Å². The number of aliphatic hydroxyl groups is 2. The Balaban J connectivity index is 2.75. The van der Waals surface area contributed by atoms with Gasteiger partial charge < -0.3 is 10.2 Å². The van der Waals surface area contributed by atoms with E-state index in [1.54, 1.807) is 0 Å². The average Bonchev–Trinajstić information content (AvgIpc) is 1.96. The van der Waals surface area contributed by atoms with E-state index in [4.69, 9.17) is 0 Å². The molecule has 0 radical (unpaired) electrons. The second-order valence-corrected chi connectivity index (χ2v) is 4.03. The highest BCUT2D eigenvalue weighted by Crippen LogP contribution is 2.30. The van der Waals surface area contributed by atoms with E-state index in [1.807, 2.05) is 20.8 Å². The van der Waals surface area contributed by atoms with Crippen molar-refractivity contribution >= 4 is 0 Å². The van der Waals surface area contributed by atoms with Crippen molar-refractivity contribution in [2.24, 2.45) is 5.92 Å². The second kappa shape index (κ2) is 3.58. The summed E-state index contributed by atoms with van der Waals surface area (Å²) in [5.74, 6) is 0.225. The summed E-state index contributed by atoms with van der Waals surface area (Å²) in [5, 5.41) is 19.2. The molecule has 0 amide bonds. The zero-order valence-corrected chi connectivity index (χ0v) is 8.04. The molecule has 1 fully saturated rings. The molecule has 1 rings (SSSR count). The van der Waals surface area contributed by atoms with E-state index in [9.17, 15) is 10.2 Å². The lowest BCUT2D eigenvalue weighted by atomic mass is 9.81. The van der Waals surface area contributed by atoms with Gasteiger partial charge in [0, 0.05) is 0 Å². The highest BCUT2D eigenvalue weighted by molar-refractivity contribution is 5.18. The molecule has 2 N–H and O–H groups in total. The summed E-state index contributed by atoms with van der Waals surface area (Å²) < 4.78 is 0. The monoisotopic (exact) mass is 170 g/mol. The number of hydrogen-bond acceptors (Lipinski definition) is 2. The predicted octanol–water partition coefficient (Wildman–Crippen LogP) is 1.47. The number of aliphatic hydroxyl groups excluding tert-OH is 2. The maximum atomic E-state index is 9.66. The third-order valence-electron chi connectivity index (χ3n) is 2.73. The van der Waals surface area contributed by atoms with Crippen molar-refractivity contribution in [3.63, 3.8) is 0 Å². The minimum atomic E-state index is -0.326. The SMILES string of the molecule is CC(C)=C1CC(O)C(C)CC1O. The van der Waals surface area contributed by atoms with Gasteiger partial charge in [0.1, 0.15) is 0 Å². The molecule has 1 aliphatic rings. The number of allylic oxidation sites excluding steroid dienone is 1. The van der Waals surface area contributed by atoms with E-state index in [0.29, 0.717) is 12.8 Å². The first-order chi connectivity index (χ1) is 5.52. The van der Waals surface area contributed by atoms with Gasteiger partial charge in [0.2, 0.25) is 0 Å². The third kappa shape index (κ3) is 1.87. The van der Waals surface area contributed by atoms with Gasteiger partial charge in [-0.2, -0.15) is 0 Å². The maximum absolute atomic E-state index is 9.66. The molecule has 2 heteroatoms. The fourth-order valence-corrected chi connectivity index (χ4v) is 1.75. The van der Waals surface area contributed by atoms with E-state index in [0.717, 1.165) is 11.1 Å². The number of hydrogen-bond donors (Lipinski definition) is 2. The van der Waals surface area contributed by atoms with E-state index in [1.165, 1.54) is 0 Å². The quantitative estimate of drug-likeness (QED) is 0.540. The van der Waals surface area contributed by atoms with Crippen LogP contribution in [0.5, 0.6) is 0 Å². The van der Waals surface area contributed by atoms with Crippen LogP contribution in [0, 0.1) is 5.92 Å². The summed E-state index contributed by atoms with van der Waals surface area (Å²) in [5.41, 5.74) is 2.18. The molecule has 1 saturated carbocycles. The molecular formula is C10H18O2. The molecule has 0 aliphatic heterocycles. The third-order valence-corrected chi connectivity index (χ3v) is 2.73. The van der Waals surface area contributed by atoms with Crippen LogP contribution in [0.15, 0.2) is 11.1 Å². The average molecular weight is 170 g/mol. The summed E-state index contributed by atoms with van der Waals surface area (Å²) in [7, 11) is 0. The smallest absolute Gasteiger partial charge is 0.0757 e. The molecule has 12 heavy (non-hydrogen) atoms. The van der Waals surface area contributed by atoms with Crippen molar-refractivity contribution in [1.29, 1.82) is 0 Å². The van der Waals surface area contributed by atoms with Crippen molar-refractivity contribution in [1.82, 2.24) is 0 Å². The van der Waals surface area contributed by atoms with Gasteiger partial charge in [0.15, 0.2) is 0 Å². The summed E-state index contributed by atoms with van der Waals surface area (Å²) in [6, 6.07) is 0. The highest BCUT2D eigenvalue weighted by Gasteiger charge is 2.28. The molecule has 0 aromatic rings. The fraction of sp³-hybridized carbons (Fsp3) is 0.800. The van der Waals surface area contributed by atoms with Crippen molar-refractivity contribution in [2.45, 2.75) is 45.8 Å². The highest BCUT2D eigenvalue weighted by atomic mass is 16.3. The molecule has 0 heterocycles. The van der Waals surface area contributed by atoms with Gasteiger partial charge in [0.05, 0.1) is 12.2 Å². The molecule has 1 aliphatic carbocycles. The van der Waals surface area contributed by atoms with Gasteiger partial charge in [-0.15, -0.1) is 0 Å². The lowest BCUT2D eigenvalue weighted by Gasteiger charge is -2.31. The van der Waals surface area contributed by atoms with Crippen LogP contribution in [0.2, 0.25) is 0 Å². The zero-order valence-electron chi connectivity index (χ0n) is 8.04. The Morgan fingerprint density at radius 3 is 2.42 bits per heavy atom. The lowest BCUT2D eigenvalue weighted by Crippen LogP contribution is -2.32. The maximum Gasteiger partial charge on any atom is 0.0757 e. The molecule has 0 spiro atoms. The van der Waals surface area contributed by atoms with Crippen LogP contribution in [0.3, 0.4) is 0 Å². The molecule has 2 nitrogen and oxygen atoms in total. The molecule has 70 valence electrons. The Hall–Kier alpha value is -0.340. The van der Waals surface area contributed by atoms with E-state index >= 15 is 0 Å². The molecule has 0 aromatic heterocycles. The van der Waals surface area contributed by atoms with Gasteiger partial charge in [-0.25, -0.2) is 0 Å². The van der Waals surface area contributed by atoms with Gasteiger partial charge >= 0.3 is 0 Å². The summed E-state index contributed by atoms with van der Waals surface area (Å²) in [4.78, 5) is 0. The van der Waals surface area contributed by atoms with Crippen molar-refractivity contribution < 1.29 is 10.2 Å². The molecule has 0 bridgehead atoms. The lowest BCUT2D eigenvalue weighted by molar-refractivity contribution is 0.0470. The second-order valence-electron chi connectivity index (χ2n) is 4.03. The topological polar surface area (TPSA) is 40.5 Å². The molecule has 3 atom stereocenters. The predicted molar refractivity (Wildman–Crippen MR) is 48.8 cm³/mol. The zero-order chi connectivity index (χ0) is 9.30. The first-order valence-corrected chi connectivity index (χ1v) is 4.54. The summed E-state index contributed by atoms with van der Waals surface area (Å²) in [6.45, 7) is 5.96. The Labute approximate surface area is 73.9 Å². The fourth-order valence-electron chi connectivity index (χ4n) is 1.75. The van der Waals surface area contributed by atoms with Crippen LogP contribution in [-0.2, 0) is 0 Å². The summed E-state index contributed by atoms with van der Waals surface area (Å²) in [6.07, 6.45) is 0.749. The van der Waals surface area contributed by atoms with E-state index in [2.05, 4.69) is 0 Å². The Bertz CT molecular complexity index is 192. The minimum Gasteiger partial charge on any atom is -0.393 e. The summed E-state index contributed by atoms with van der Waals surface area (Å²) >= 11 is 0. The number of rotatable bonds is 0. The first-order valence-electron chi connectivity index (χ1n) is 4.54. The molecule has 0 aromatic carbocycles. The van der Waals surface area contributed by atoms with Crippen LogP contribution >= 0.6 is 0 Å². The normalized spacial score (nSPS) is 36.8. The first kappa shape index (κ1) is 9.75. The standard InChI is InChI=1S/C10H18O2/c1-6(2)8-5-9(11)7(3)4-10(8)12/h7,9-12H,4-5H2,1-3H3. The Kier molecular flexibility index (Phi) is 2.91.